The average molecular weight is 266 g/mol. The van der Waals surface area contributed by atoms with E-state index in [1.54, 1.807) is 5.38 Å². The van der Waals surface area contributed by atoms with Crippen LogP contribution in [0.15, 0.2) is 35.7 Å². The fourth-order valence-electron chi connectivity index (χ4n) is 1.21. The molecule has 0 amide bonds. The second-order valence-electron chi connectivity index (χ2n) is 3.12. The Balaban J connectivity index is 2.06. The molecule has 0 saturated carbocycles. The lowest BCUT2D eigenvalue weighted by atomic mass is 10.2. The molecule has 0 spiro atoms. The molecule has 0 aliphatic heterocycles. The van der Waals surface area contributed by atoms with Gasteiger partial charge in [0.15, 0.2) is 0 Å². The van der Waals surface area contributed by atoms with Gasteiger partial charge in [-0.15, -0.1) is 0 Å². The molecule has 0 N–H and O–H groups in total. The first-order valence-electron chi connectivity index (χ1n) is 4.80. The Morgan fingerprint density at radius 3 is 2.76 bits per heavy atom. The maximum absolute atomic E-state index is 10.5. The van der Waals surface area contributed by atoms with E-state index in [2.05, 4.69) is 9.72 Å². The van der Waals surface area contributed by atoms with Gasteiger partial charge in [-0.2, -0.15) is 0 Å². The van der Waals surface area contributed by atoms with E-state index < -0.39 is 5.43 Å². The Bertz CT molecular complexity index is 536. The number of hydrogen-bond donors (Lipinski definition) is 0. The molecule has 0 atom stereocenters. The van der Waals surface area contributed by atoms with Crippen LogP contribution in [0.3, 0.4) is 0 Å². The Morgan fingerprint density at radius 2 is 2.06 bits per heavy atom. The molecule has 0 unspecified atom stereocenters. The molecule has 17 heavy (non-hydrogen) atoms. The molecule has 0 aliphatic carbocycles. The molecule has 1 heterocycles. The highest BCUT2D eigenvalue weighted by atomic mass is 35.5. The number of rotatable bonds is 3. The highest BCUT2D eigenvalue weighted by Gasteiger charge is 2.04. The van der Waals surface area contributed by atoms with Crippen molar-refractivity contribution in [3.05, 3.63) is 47.0 Å². The molecule has 0 aliphatic rings. The number of hydrogen-bond acceptors (Lipinski definition) is 4. The van der Waals surface area contributed by atoms with Crippen LogP contribution in [0.2, 0.25) is 0 Å². The summed E-state index contributed by atoms with van der Waals surface area (Å²) < 4.78 is 4.65. The molecule has 3 nitrogen and oxygen atoms in total. The highest BCUT2D eigenvalue weighted by molar-refractivity contribution is 7.11. The minimum absolute atomic E-state index is 0.248. The van der Waals surface area contributed by atoms with Gasteiger partial charge >= 0.3 is 5.43 Å². The van der Waals surface area contributed by atoms with Crippen LogP contribution in [0, 0.1) is 0 Å². The van der Waals surface area contributed by atoms with Crippen LogP contribution in [0.1, 0.15) is 11.3 Å². The van der Waals surface area contributed by atoms with Gasteiger partial charge in [-0.1, -0.05) is 47.7 Å². The number of nitrogens with zero attached hydrogens (tertiary/aromatic N) is 1. The van der Waals surface area contributed by atoms with Gasteiger partial charge in [0.25, 0.3) is 5.19 Å². The summed E-state index contributed by atoms with van der Waals surface area (Å²) >= 11 is 6.31. The second-order valence-corrected chi connectivity index (χ2v) is 4.25. The third-order valence-electron chi connectivity index (χ3n) is 1.91. The van der Waals surface area contributed by atoms with Crippen molar-refractivity contribution < 1.29 is 9.53 Å². The summed E-state index contributed by atoms with van der Waals surface area (Å²) in [5.74, 6) is 0. The molecular formula is C12H8ClNO2S. The van der Waals surface area contributed by atoms with E-state index in [-0.39, 0.29) is 5.19 Å². The normalized spacial score (nSPS) is 10.6. The zero-order chi connectivity index (χ0) is 12.1. The van der Waals surface area contributed by atoms with E-state index in [1.165, 1.54) is 11.3 Å². The largest absolute Gasteiger partial charge is 0.411 e. The Kier molecular flexibility index (Phi) is 3.90. The highest BCUT2D eigenvalue weighted by Crippen LogP contribution is 2.20. The van der Waals surface area contributed by atoms with E-state index in [1.807, 2.05) is 42.5 Å². The Morgan fingerprint density at radius 1 is 1.29 bits per heavy atom. The summed E-state index contributed by atoms with van der Waals surface area (Å²) in [6, 6.07) is 9.85. The van der Waals surface area contributed by atoms with Crippen molar-refractivity contribution in [3.63, 3.8) is 0 Å². The third kappa shape index (κ3) is 3.69. The van der Waals surface area contributed by atoms with Crippen LogP contribution < -0.4 is 4.74 Å². The number of carbonyl (C=O) groups is 1. The number of carbonyl (C=O) groups excluding carboxylic acids is 1. The lowest BCUT2D eigenvalue weighted by Crippen LogP contribution is -1.94. The molecule has 86 valence electrons. The SMILES string of the molecule is O=C(Cl)Oc1nc(C=Cc2ccccc2)cs1. The van der Waals surface area contributed by atoms with Crippen LogP contribution in [0.5, 0.6) is 5.19 Å². The first-order chi connectivity index (χ1) is 8.24. The van der Waals surface area contributed by atoms with Crippen LogP contribution in [0.25, 0.3) is 12.2 Å². The van der Waals surface area contributed by atoms with Crippen LogP contribution in [0.4, 0.5) is 4.79 Å². The summed E-state index contributed by atoms with van der Waals surface area (Å²) in [4.78, 5) is 14.6. The molecule has 0 bridgehead atoms. The summed E-state index contributed by atoms with van der Waals surface area (Å²) in [5, 5.41) is 2.03. The summed E-state index contributed by atoms with van der Waals surface area (Å²) in [7, 11) is 0. The van der Waals surface area contributed by atoms with Crippen LogP contribution in [-0.4, -0.2) is 10.4 Å². The van der Waals surface area contributed by atoms with E-state index in [0.717, 1.165) is 11.3 Å². The molecule has 2 aromatic rings. The van der Waals surface area contributed by atoms with Gasteiger partial charge in [0.2, 0.25) is 0 Å². The van der Waals surface area contributed by atoms with Crippen molar-refractivity contribution >= 4 is 40.5 Å². The molecule has 1 aromatic carbocycles. The van der Waals surface area contributed by atoms with E-state index in [9.17, 15) is 4.79 Å². The molecule has 0 saturated heterocycles. The standard InChI is InChI=1S/C12H8ClNO2S/c13-11(15)16-12-14-10(8-17-12)7-6-9-4-2-1-3-5-9/h1-8H. The minimum atomic E-state index is -0.877. The summed E-state index contributed by atoms with van der Waals surface area (Å²) in [6.45, 7) is 0. The predicted octanol–water partition coefficient (Wildman–Crippen LogP) is 4.05. The van der Waals surface area contributed by atoms with Crippen molar-refractivity contribution in [1.82, 2.24) is 4.98 Å². The van der Waals surface area contributed by atoms with Gasteiger partial charge < -0.3 is 4.74 Å². The fourth-order valence-corrected chi connectivity index (χ4v) is 1.96. The minimum Gasteiger partial charge on any atom is -0.386 e. The average Bonchev–Trinajstić information content (AvgIpc) is 2.75. The van der Waals surface area contributed by atoms with Gasteiger partial charge in [0.05, 0.1) is 5.69 Å². The van der Waals surface area contributed by atoms with E-state index in [4.69, 9.17) is 11.6 Å². The predicted molar refractivity (Wildman–Crippen MR) is 69.4 cm³/mol. The van der Waals surface area contributed by atoms with Gasteiger partial charge in [-0.3, -0.25) is 0 Å². The number of thiazole rings is 1. The van der Waals surface area contributed by atoms with Gasteiger partial charge in [-0.25, -0.2) is 9.78 Å². The van der Waals surface area contributed by atoms with E-state index in [0.29, 0.717) is 0 Å². The number of ether oxygens (including phenoxy) is 1. The van der Waals surface area contributed by atoms with E-state index >= 15 is 0 Å². The first-order valence-corrected chi connectivity index (χ1v) is 6.06. The van der Waals surface area contributed by atoms with Gasteiger partial charge in [0, 0.05) is 17.0 Å². The Labute approximate surface area is 107 Å². The lowest BCUT2D eigenvalue weighted by Gasteiger charge is -1.90. The van der Waals surface area contributed by atoms with Crippen molar-refractivity contribution in [2.24, 2.45) is 0 Å². The second kappa shape index (κ2) is 5.61. The van der Waals surface area contributed by atoms with Crippen molar-refractivity contribution in [2.45, 2.75) is 0 Å². The van der Waals surface area contributed by atoms with Crippen molar-refractivity contribution in [1.29, 1.82) is 0 Å². The number of aromatic nitrogens is 1. The monoisotopic (exact) mass is 265 g/mol. The molecular weight excluding hydrogens is 258 g/mol. The fraction of sp³-hybridized carbons (Fsp3) is 0. The third-order valence-corrected chi connectivity index (χ3v) is 2.73. The maximum atomic E-state index is 10.5. The maximum Gasteiger partial charge on any atom is 0.411 e. The smallest absolute Gasteiger partial charge is 0.386 e. The lowest BCUT2D eigenvalue weighted by molar-refractivity contribution is 0.225. The quantitative estimate of drug-likeness (QED) is 0.786. The number of halogens is 1. The topological polar surface area (TPSA) is 39.2 Å². The summed E-state index contributed by atoms with van der Waals surface area (Å²) in [5.41, 5.74) is 0.932. The van der Waals surface area contributed by atoms with Crippen LogP contribution >= 0.6 is 22.9 Å². The van der Waals surface area contributed by atoms with Gasteiger partial charge in [0.1, 0.15) is 0 Å². The zero-order valence-corrected chi connectivity index (χ0v) is 10.2. The molecule has 0 fully saturated rings. The molecule has 0 radical (unpaired) electrons. The molecule has 2 rings (SSSR count). The van der Waals surface area contributed by atoms with Crippen LogP contribution in [-0.2, 0) is 0 Å². The zero-order valence-electron chi connectivity index (χ0n) is 8.67. The molecule has 1 aromatic heterocycles. The first kappa shape index (κ1) is 11.8. The number of benzene rings is 1. The molecule has 5 heteroatoms. The summed E-state index contributed by atoms with van der Waals surface area (Å²) in [6.07, 6.45) is 3.78. The van der Waals surface area contributed by atoms with Crippen molar-refractivity contribution in [3.8, 4) is 5.19 Å². The Hall–Kier alpha value is -1.65. The van der Waals surface area contributed by atoms with Crippen molar-refractivity contribution in [2.75, 3.05) is 0 Å². The van der Waals surface area contributed by atoms with Gasteiger partial charge in [-0.05, 0) is 11.6 Å².